The molecule has 2 atom stereocenters. The maximum Gasteiger partial charge on any atom is 0.163 e. The van der Waals surface area contributed by atoms with E-state index in [1.807, 2.05) is 32.2 Å². The van der Waals surface area contributed by atoms with Gasteiger partial charge >= 0.3 is 0 Å². The Kier molecular flexibility index (Phi) is 3.60. The second-order valence-electron chi connectivity index (χ2n) is 4.82. The SMILES string of the molecule is C=CC[C@@H]1COC(C)(C)O[C@H]1c1cccnc1. The molecular formula is C14H19NO2. The van der Waals surface area contributed by atoms with Crippen LogP contribution in [-0.2, 0) is 9.47 Å². The van der Waals surface area contributed by atoms with E-state index in [4.69, 9.17) is 9.47 Å². The zero-order chi connectivity index (χ0) is 12.3. The summed E-state index contributed by atoms with van der Waals surface area (Å²) in [6.45, 7) is 8.38. The van der Waals surface area contributed by atoms with E-state index in [-0.39, 0.29) is 6.10 Å². The number of ether oxygens (including phenoxy) is 2. The third kappa shape index (κ3) is 2.93. The summed E-state index contributed by atoms with van der Waals surface area (Å²) < 4.78 is 11.7. The summed E-state index contributed by atoms with van der Waals surface area (Å²) in [5, 5.41) is 0. The molecule has 0 unspecified atom stereocenters. The molecule has 17 heavy (non-hydrogen) atoms. The maximum absolute atomic E-state index is 6.02. The van der Waals surface area contributed by atoms with Crippen molar-refractivity contribution in [3.05, 3.63) is 42.7 Å². The Hall–Kier alpha value is -1.19. The molecule has 1 aliphatic rings. The molecule has 0 aromatic carbocycles. The number of allylic oxidation sites excluding steroid dienone is 1. The molecule has 0 N–H and O–H groups in total. The first kappa shape index (κ1) is 12.3. The van der Waals surface area contributed by atoms with Crippen molar-refractivity contribution in [2.45, 2.75) is 32.2 Å². The molecule has 2 heterocycles. The van der Waals surface area contributed by atoms with E-state index in [1.54, 1.807) is 6.20 Å². The van der Waals surface area contributed by atoms with E-state index < -0.39 is 5.79 Å². The average Bonchev–Trinajstić information content (AvgIpc) is 2.32. The van der Waals surface area contributed by atoms with E-state index in [2.05, 4.69) is 17.6 Å². The first-order chi connectivity index (χ1) is 8.12. The van der Waals surface area contributed by atoms with Gasteiger partial charge in [-0.2, -0.15) is 0 Å². The molecule has 1 aliphatic heterocycles. The van der Waals surface area contributed by atoms with Gasteiger partial charge in [0.05, 0.1) is 12.7 Å². The van der Waals surface area contributed by atoms with Crippen LogP contribution in [0.25, 0.3) is 0 Å². The molecule has 1 aromatic rings. The van der Waals surface area contributed by atoms with E-state index in [9.17, 15) is 0 Å². The first-order valence-corrected chi connectivity index (χ1v) is 5.95. The average molecular weight is 233 g/mol. The highest BCUT2D eigenvalue weighted by Crippen LogP contribution is 2.37. The van der Waals surface area contributed by atoms with Crippen molar-refractivity contribution < 1.29 is 9.47 Å². The van der Waals surface area contributed by atoms with Crippen LogP contribution < -0.4 is 0 Å². The van der Waals surface area contributed by atoms with Gasteiger partial charge in [0.25, 0.3) is 0 Å². The maximum atomic E-state index is 6.02. The molecule has 0 aliphatic carbocycles. The van der Waals surface area contributed by atoms with E-state index >= 15 is 0 Å². The second-order valence-corrected chi connectivity index (χ2v) is 4.82. The monoisotopic (exact) mass is 233 g/mol. The lowest BCUT2D eigenvalue weighted by Gasteiger charge is -2.41. The molecule has 1 fully saturated rings. The zero-order valence-corrected chi connectivity index (χ0v) is 10.4. The summed E-state index contributed by atoms with van der Waals surface area (Å²) in [7, 11) is 0. The first-order valence-electron chi connectivity index (χ1n) is 5.95. The Morgan fingerprint density at radius 1 is 1.59 bits per heavy atom. The molecule has 3 nitrogen and oxygen atoms in total. The molecule has 3 heteroatoms. The van der Waals surface area contributed by atoms with Crippen LogP contribution in [0.2, 0.25) is 0 Å². The summed E-state index contributed by atoms with van der Waals surface area (Å²) in [6, 6.07) is 3.99. The summed E-state index contributed by atoms with van der Waals surface area (Å²) >= 11 is 0. The van der Waals surface area contributed by atoms with Crippen LogP contribution in [0.4, 0.5) is 0 Å². The summed E-state index contributed by atoms with van der Waals surface area (Å²) in [5.41, 5.74) is 1.11. The van der Waals surface area contributed by atoms with Gasteiger partial charge in [-0.05, 0) is 31.9 Å². The molecule has 1 saturated heterocycles. The lowest BCUT2D eigenvalue weighted by atomic mass is 9.93. The Balaban J connectivity index is 2.22. The number of rotatable bonds is 3. The fourth-order valence-corrected chi connectivity index (χ4v) is 2.12. The van der Waals surface area contributed by atoms with Crippen molar-refractivity contribution >= 4 is 0 Å². The highest BCUT2D eigenvalue weighted by atomic mass is 16.7. The predicted molar refractivity (Wildman–Crippen MR) is 66.4 cm³/mol. The van der Waals surface area contributed by atoms with Gasteiger partial charge in [-0.1, -0.05) is 12.1 Å². The van der Waals surface area contributed by atoms with E-state index in [0.717, 1.165) is 12.0 Å². The minimum atomic E-state index is -0.530. The van der Waals surface area contributed by atoms with Gasteiger partial charge in [-0.3, -0.25) is 4.98 Å². The number of hydrogen-bond acceptors (Lipinski definition) is 3. The van der Waals surface area contributed by atoms with Crippen molar-refractivity contribution in [3.63, 3.8) is 0 Å². The normalized spacial score (nSPS) is 27.6. The molecule has 2 rings (SSSR count). The van der Waals surface area contributed by atoms with Crippen molar-refractivity contribution in [3.8, 4) is 0 Å². The van der Waals surface area contributed by atoms with Crippen molar-refractivity contribution in [2.75, 3.05) is 6.61 Å². The Morgan fingerprint density at radius 3 is 3.06 bits per heavy atom. The van der Waals surface area contributed by atoms with Crippen LogP contribution in [0, 0.1) is 5.92 Å². The molecule has 0 amide bonds. The fraction of sp³-hybridized carbons (Fsp3) is 0.500. The standard InChI is InChI=1S/C14H19NO2/c1-4-6-12-10-16-14(2,3)17-13(12)11-7-5-8-15-9-11/h4-5,7-9,12-13H,1,6,10H2,2-3H3/t12-,13+/m1/s1. The van der Waals surface area contributed by atoms with Crippen LogP contribution in [0.15, 0.2) is 37.2 Å². The van der Waals surface area contributed by atoms with Gasteiger partial charge in [0.2, 0.25) is 0 Å². The summed E-state index contributed by atoms with van der Waals surface area (Å²) in [6.07, 6.45) is 6.47. The van der Waals surface area contributed by atoms with Gasteiger partial charge in [-0.15, -0.1) is 6.58 Å². The lowest BCUT2D eigenvalue weighted by molar-refractivity contribution is -0.295. The Morgan fingerprint density at radius 2 is 2.41 bits per heavy atom. The molecular weight excluding hydrogens is 214 g/mol. The summed E-state index contributed by atoms with van der Waals surface area (Å²) in [4.78, 5) is 4.16. The lowest BCUT2D eigenvalue weighted by Crippen LogP contribution is -2.41. The largest absolute Gasteiger partial charge is 0.350 e. The van der Waals surface area contributed by atoms with Gasteiger partial charge in [0, 0.05) is 18.3 Å². The quantitative estimate of drug-likeness (QED) is 0.752. The third-order valence-corrected chi connectivity index (χ3v) is 2.97. The predicted octanol–water partition coefficient (Wildman–Crippen LogP) is 3.10. The van der Waals surface area contributed by atoms with Crippen molar-refractivity contribution in [2.24, 2.45) is 5.92 Å². The van der Waals surface area contributed by atoms with E-state index in [0.29, 0.717) is 12.5 Å². The fourth-order valence-electron chi connectivity index (χ4n) is 2.12. The summed E-state index contributed by atoms with van der Waals surface area (Å²) in [5.74, 6) is -0.220. The molecule has 0 radical (unpaired) electrons. The number of pyridine rings is 1. The van der Waals surface area contributed by atoms with Crippen LogP contribution in [0.3, 0.4) is 0 Å². The van der Waals surface area contributed by atoms with Crippen LogP contribution in [0.5, 0.6) is 0 Å². The molecule has 0 bridgehead atoms. The van der Waals surface area contributed by atoms with Gasteiger partial charge < -0.3 is 9.47 Å². The van der Waals surface area contributed by atoms with E-state index in [1.165, 1.54) is 0 Å². The minimum absolute atomic E-state index is 0.0328. The highest BCUT2D eigenvalue weighted by molar-refractivity contribution is 5.14. The van der Waals surface area contributed by atoms with Gasteiger partial charge in [-0.25, -0.2) is 0 Å². The van der Waals surface area contributed by atoms with Crippen LogP contribution in [0.1, 0.15) is 31.9 Å². The number of hydrogen-bond donors (Lipinski definition) is 0. The molecule has 0 saturated carbocycles. The second kappa shape index (κ2) is 4.98. The third-order valence-electron chi connectivity index (χ3n) is 2.97. The minimum Gasteiger partial charge on any atom is -0.350 e. The van der Waals surface area contributed by atoms with Crippen LogP contribution >= 0.6 is 0 Å². The van der Waals surface area contributed by atoms with Gasteiger partial charge in [0.15, 0.2) is 5.79 Å². The van der Waals surface area contributed by atoms with Crippen molar-refractivity contribution in [1.29, 1.82) is 0 Å². The zero-order valence-electron chi connectivity index (χ0n) is 10.4. The van der Waals surface area contributed by atoms with Crippen molar-refractivity contribution in [1.82, 2.24) is 4.98 Å². The number of nitrogens with zero attached hydrogens (tertiary/aromatic N) is 1. The molecule has 1 aromatic heterocycles. The smallest absolute Gasteiger partial charge is 0.163 e. The topological polar surface area (TPSA) is 31.4 Å². The number of aromatic nitrogens is 1. The van der Waals surface area contributed by atoms with Gasteiger partial charge in [0.1, 0.15) is 0 Å². The highest BCUT2D eigenvalue weighted by Gasteiger charge is 2.36. The molecule has 0 spiro atoms. The molecule has 92 valence electrons. The Bertz CT molecular complexity index is 375. The Labute approximate surface area is 102 Å². The van der Waals surface area contributed by atoms with Crippen LogP contribution in [-0.4, -0.2) is 17.4 Å².